The number of alkyl halides is 2. The fourth-order valence-corrected chi connectivity index (χ4v) is 8.51. The third kappa shape index (κ3) is 7.78. The zero-order valence-electron chi connectivity index (χ0n) is 32.8. The molecule has 15 nitrogen and oxygen atoms in total. The Balaban J connectivity index is 0.832. The molecule has 1 unspecified atom stereocenters. The van der Waals surface area contributed by atoms with Crippen LogP contribution in [0.4, 0.5) is 14.5 Å². The molecule has 3 fully saturated rings. The van der Waals surface area contributed by atoms with Gasteiger partial charge in [0.25, 0.3) is 12.3 Å². The maximum Gasteiger partial charge on any atom is 0.329 e. The van der Waals surface area contributed by atoms with E-state index in [1.54, 1.807) is 24.0 Å². The fraction of sp³-hybridized carbons (Fsp3) is 0.488. The van der Waals surface area contributed by atoms with Gasteiger partial charge in [0.1, 0.15) is 11.6 Å². The Hall–Kier alpha value is -5.73. The maximum atomic E-state index is 14.2. The number of aromatic nitrogens is 7. The van der Waals surface area contributed by atoms with E-state index in [1.807, 2.05) is 32.0 Å². The second-order valence-electron chi connectivity index (χ2n) is 15.9. The van der Waals surface area contributed by atoms with E-state index in [2.05, 4.69) is 47.5 Å². The van der Waals surface area contributed by atoms with Crippen molar-refractivity contribution in [1.82, 2.24) is 48.6 Å². The quantitative estimate of drug-likeness (QED) is 0.164. The van der Waals surface area contributed by atoms with Gasteiger partial charge in [0.15, 0.2) is 11.3 Å². The molecular formula is C41H47F2N11O4. The molecule has 0 bridgehead atoms. The summed E-state index contributed by atoms with van der Waals surface area (Å²) in [6, 6.07) is 6.57. The number of benzene rings is 1. The van der Waals surface area contributed by atoms with Crippen LogP contribution in [-0.2, 0) is 16.6 Å². The molecule has 6 heterocycles. The molecule has 0 radical (unpaired) electrons. The molecule has 17 heteroatoms. The van der Waals surface area contributed by atoms with E-state index < -0.39 is 30.0 Å². The number of halogens is 2. The molecule has 2 N–H and O–H groups in total. The third-order valence-corrected chi connectivity index (χ3v) is 11.8. The number of para-hydroxylation sites is 1. The lowest BCUT2D eigenvalue weighted by atomic mass is 9.85. The fourth-order valence-electron chi connectivity index (χ4n) is 8.51. The number of imidazole rings is 1. The first-order valence-corrected chi connectivity index (χ1v) is 19.9. The minimum atomic E-state index is -2.85. The lowest BCUT2D eigenvalue weighted by Gasteiger charge is -2.37. The highest BCUT2D eigenvalue weighted by atomic mass is 19.3. The number of anilines is 1. The number of hydrogen-bond acceptors (Lipinski definition) is 9. The van der Waals surface area contributed by atoms with Gasteiger partial charge >= 0.3 is 5.69 Å². The molecule has 1 aliphatic carbocycles. The van der Waals surface area contributed by atoms with E-state index in [4.69, 9.17) is 0 Å². The largest absolute Gasteiger partial charge is 0.329 e. The number of nitrogens with zero attached hydrogens (tertiary/aromatic N) is 9. The van der Waals surface area contributed by atoms with Crippen LogP contribution >= 0.6 is 0 Å². The predicted octanol–water partition coefficient (Wildman–Crippen LogP) is 4.27. The van der Waals surface area contributed by atoms with Gasteiger partial charge in [-0.25, -0.2) is 23.1 Å². The van der Waals surface area contributed by atoms with Crippen molar-refractivity contribution < 1.29 is 23.2 Å². The highest BCUT2D eigenvalue weighted by molar-refractivity contribution is 6.08. The van der Waals surface area contributed by atoms with Crippen LogP contribution < -0.4 is 16.3 Å². The number of piperazine rings is 1. The van der Waals surface area contributed by atoms with E-state index in [9.17, 15) is 28.0 Å². The summed E-state index contributed by atoms with van der Waals surface area (Å²) >= 11 is 0. The van der Waals surface area contributed by atoms with Crippen molar-refractivity contribution in [3.63, 3.8) is 0 Å². The van der Waals surface area contributed by atoms with Crippen molar-refractivity contribution in [2.24, 2.45) is 13.0 Å². The molecule has 2 aliphatic heterocycles. The zero-order valence-corrected chi connectivity index (χ0v) is 32.8. The first kappa shape index (κ1) is 39.1. The Kier molecular flexibility index (Phi) is 11.0. The SMILES string of the molecule is CC(C)c1ccn2ncc(C(=O)Nc3cn(C4CCC(CN5CCN(CC#Cc6cccc7c6n(C)c(=O)n7C6CCC(=O)NC6=O)CC5)CC4)nc3C(F)F)c2n1. The summed E-state index contributed by atoms with van der Waals surface area (Å²) in [6.45, 7) is 9.14. The van der Waals surface area contributed by atoms with Gasteiger partial charge in [-0.15, -0.1) is 0 Å². The Morgan fingerprint density at radius 1 is 1.02 bits per heavy atom. The molecular weight excluding hydrogens is 749 g/mol. The Morgan fingerprint density at radius 2 is 1.78 bits per heavy atom. The summed E-state index contributed by atoms with van der Waals surface area (Å²) in [7, 11) is 1.67. The summed E-state index contributed by atoms with van der Waals surface area (Å²) in [6.07, 6.45) is 5.78. The molecule has 3 amide bonds. The lowest BCUT2D eigenvalue weighted by molar-refractivity contribution is -0.135. The van der Waals surface area contributed by atoms with Gasteiger partial charge in [-0.1, -0.05) is 31.8 Å². The average molecular weight is 796 g/mol. The van der Waals surface area contributed by atoms with Crippen molar-refractivity contribution in [2.45, 2.75) is 76.8 Å². The molecule has 1 aromatic carbocycles. The summed E-state index contributed by atoms with van der Waals surface area (Å²) in [5.41, 5.74) is 2.58. The smallest absolute Gasteiger partial charge is 0.319 e. The van der Waals surface area contributed by atoms with Gasteiger partial charge in [-0.2, -0.15) is 10.2 Å². The molecule has 4 aromatic heterocycles. The third-order valence-electron chi connectivity index (χ3n) is 11.8. The highest BCUT2D eigenvalue weighted by Crippen LogP contribution is 2.35. The van der Waals surface area contributed by atoms with Crippen LogP contribution in [0, 0.1) is 17.8 Å². The zero-order chi connectivity index (χ0) is 40.7. The Labute approximate surface area is 333 Å². The van der Waals surface area contributed by atoms with Crippen molar-refractivity contribution in [3.05, 3.63) is 75.9 Å². The van der Waals surface area contributed by atoms with Crippen molar-refractivity contribution in [1.29, 1.82) is 0 Å². The number of nitrogens with one attached hydrogen (secondary N) is 2. The van der Waals surface area contributed by atoms with Crippen LogP contribution in [0.1, 0.15) is 104 Å². The normalized spacial score (nSPS) is 20.8. The van der Waals surface area contributed by atoms with Crippen LogP contribution in [0.3, 0.4) is 0 Å². The number of fused-ring (bicyclic) bond motifs is 2. The van der Waals surface area contributed by atoms with Gasteiger partial charge < -0.3 is 10.2 Å². The highest BCUT2D eigenvalue weighted by Gasteiger charge is 2.32. The second kappa shape index (κ2) is 16.3. The molecule has 58 heavy (non-hydrogen) atoms. The van der Waals surface area contributed by atoms with E-state index in [0.29, 0.717) is 34.7 Å². The number of piperidine rings is 1. The number of imide groups is 1. The first-order valence-electron chi connectivity index (χ1n) is 19.9. The molecule has 1 saturated carbocycles. The van der Waals surface area contributed by atoms with Gasteiger partial charge in [-0.3, -0.25) is 38.4 Å². The van der Waals surface area contributed by atoms with E-state index in [0.717, 1.165) is 64.1 Å². The van der Waals surface area contributed by atoms with E-state index >= 15 is 0 Å². The number of hydrogen-bond donors (Lipinski definition) is 2. The monoisotopic (exact) mass is 795 g/mol. The van der Waals surface area contributed by atoms with Crippen molar-refractivity contribution in [2.75, 3.05) is 44.6 Å². The first-order chi connectivity index (χ1) is 27.9. The van der Waals surface area contributed by atoms with E-state index in [-0.39, 0.29) is 47.6 Å². The van der Waals surface area contributed by atoms with Crippen molar-refractivity contribution in [3.8, 4) is 11.8 Å². The lowest BCUT2D eigenvalue weighted by Crippen LogP contribution is -2.48. The standard InChI is InChI=1S/C41H47F2N11O4/c1-25(2)30-15-17-52-38(45-30)29(22-44-52)39(56)46-31-24-53(48-35(31)37(42)43)28-11-9-26(10-12-28)23-51-20-18-50(19-21-51)16-5-7-27-6-4-8-32-36(27)49(3)41(58)54(32)33-13-14-34(55)47-40(33)57/h4,6,8,15,17,22,24-26,28,33,37H,9-14,16,18-21,23H2,1-3H3,(H,46,56)(H,47,55,57). The molecule has 3 aliphatic rings. The van der Waals surface area contributed by atoms with Crippen LogP contribution in [0.5, 0.6) is 0 Å². The summed E-state index contributed by atoms with van der Waals surface area (Å²) in [5, 5.41) is 13.5. The Morgan fingerprint density at radius 3 is 2.50 bits per heavy atom. The number of carbonyl (C=O) groups excluding carboxylic acids is 3. The minimum absolute atomic E-state index is 0.00409. The van der Waals surface area contributed by atoms with Crippen LogP contribution in [-0.4, -0.2) is 100 Å². The number of amides is 3. The van der Waals surface area contributed by atoms with Crippen LogP contribution in [0.2, 0.25) is 0 Å². The predicted molar refractivity (Wildman–Crippen MR) is 212 cm³/mol. The second-order valence-corrected chi connectivity index (χ2v) is 15.9. The molecule has 2 saturated heterocycles. The topological polar surface area (TPSA) is 157 Å². The summed E-state index contributed by atoms with van der Waals surface area (Å²) < 4.78 is 34.4. The summed E-state index contributed by atoms with van der Waals surface area (Å²) in [4.78, 5) is 60.2. The maximum absolute atomic E-state index is 14.2. The number of aryl methyl sites for hydroxylation is 1. The van der Waals surface area contributed by atoms with E-state index in [1.165, 1.54) is 26.0 Å². The number of rotatable bonds is 9. The molecule has 304 valence electrons. The van der Waals surface area contributed by atoms with Crippen LogP contribution in [0.15, 0.2) is 47.7 Å². The van der Waals surface area contributed by atoms with Gasteiger partial charge in [-0.05, 0) is 62.1 Å². The molecule has 1 atom stereocenters. The summed E-state index contributed by atoms with van der Waals surface area (Å²) in [5.74, 6) is 5.83. The Bertz CT molecular complexity index is 2490. The molecule has 0 spiro atoms. The average Bonchev–Trinajstić information content (AvgIpc) is 3.90. The van der Waals surface area contributed by atoms with Crippen LogP contribution in [0.25, 0.3) is 16.7 Å². The van der Waals surface area contributed by atoms with Gasteiger partial charge in [0.05, 0.1) is 41.1 Å². The van der Waals surface area contributed by atoms with Gasteiger partial charge in [0, 0.05) is 64.3 Å². The molecule has 5 aromatic rings. The number of carbonyl (C=O) groups is 3. The van der Waals surface area contributed by atoms with Crippen molar-refractivity contribution >= 4 is 40.1 Å². The van der Waals surface area contributed by atoms with Gasteiger partial charge in [0.2, 0.25) is 11.8 Å². The molecule has 8 rings (SSSR count). The minimum Gasteiger partial charge on any atom is -0.319 e.